The van der Waals surface area contributed by atoms with E-state index >= 15 is 0 Å². The lowest BCUT2D eigenvalue weighted by Crippen LogP contribution is -2.48. The Bertz CT molecular complexity index is 1280. The average molecular weight is 490 g/mol. The molecule has 2 N–H and O–H groups in total. The molecule has 0 unspecified atom stereocenters. The molecule has 0 aliphatic carbocycles. The number of carboxylic acids is 1. The highest BCUT2D eigenvalue weighted by molar-refractivity contribution is 6.01. The Morgan fingerprint density at radius 3 is 1.58 bits per heavy atom. The molecule has 3 rings (SSSR count). The molecule has 186 valence electrons. The average Bonchev–Trinajstić information content (AvgIpc) is 2.84. The summed E-state index contributed by atoms with van der Waals surface area (Å²) in [5.74, 6) is -4.51. The predicted octanol–water partition coefficient (Wildman–Crippen LogP) is 4.39. The second-order valence-electron chi connectivity index (χ2n) is 8.51. The quantitative estimate of drug-likeness (QED) is 0.450. The number of amides is 1. The van der Waals surface area contributed by atoms with E-state index in [1.165, 1.54) is 24.3 Å². The minimum atomic E-state index is -2.10. The smallest absolute Gasteiger partial charge is 0.349 e. The van der Waals surface area contributed by atoms with Crippen LogP contribution in [0.25, 0.3) is 0 Å². The van der Waals surface area contributed by atoms with Gasteiger partial charge in [0, 0.05) is 5.69 Å². The molecule has 0 heterocycles. The van der Waals surface area contributed by atoms with Gasteiger partial charge in [0.2, 0.25) is 12.2 Å². The topological polar surface area (TPSA) is 119 Å². The summed E-state index contributed by atoms with van der Waals surface area (Å²) in [4.78, 5) is 50.8. The Balaban J connectivity index is 1.92. The minimum Gasteiger partial charge on any atom is -0.478 e. The van der Waals surface area contributed by atoms with Crippen LogP contribution in [0.3, 0.4) is 0 Å². The second kappa shape index (κ2) is 11.3. The fourth-order valence-electron chi connectivity index (χ4n) is 3.27. The first-order valence-electron chi connectivity index (χ1n) is 11.2. The number of carbonyl (C=O) groups excluding carboxylic acids is 3. The molecule has 8 heteroatoms. The highest BCUT2D eigenvalue weighted by Crippen LogP contribution is 2.18. The maximum atomic E-state index is 13.2. The van der Waals surface area contributed by atoms with Crippen LogP contribution in [0.15, 0.2) is 66.7 Å². The molecule has 2 atom stereocenters. The molecule has 8 nitrogen and oxygen atoms in total. The van der Waals surface area contributed by atoms with Gasteiger partial charge in [-0.15, -0.1) is 0 Å². The summed E-state index contributed by atoms with van der Waals surface area (Å²) >= 11 is 0. The first kappa shape index (κ1) is 26.2. The van der Waals surface area contributed by atoms with Crippen molar-refractivity contribution in [1.82, 2.24) is 0 Å². The number of aryl methyl sites for hydroxylation is 4. The molecule has 0 spiro atoms. The largest absolute Gasteiger partial charge is 0.478 e. The summed E-state index contributed by atoms with van der Waals surface area (Å²) < 4.78 is 10.5. The van der Waals surface area contributed by atoms with Gasteiger partial charge in [0.25, 0.3) is 5.91 Å². The summed E-state index contributed by atoms with van der Waals surface area (Å²) in [5, 5.41) is 12.4. The maximum absolute atomic E-state index is 13.2. The third kappa shape index (κ3) is 6.56. The zero-order chi connectivity index (χ0) is 26.4. The van der Waals surface area contributed by atoms with Crippen molar-refractivity contribution in [2.24, 2.45) is 0 Å². The molecule has 36 heavy (non-hydrogen) atoms. The molecule has 0 aliphatic rings. The first-order chi connectivity index (χ1) is 17.0. The van der Waals surface area contributed by atoms with Crippen LogP contribution in [0.2, 0.25) is 0 Å². The molecule has 0 saturated carbocycles. The van der Waals surface area contributed by atoms with Crippen molar-refractivity contribution >= 4 is 29.5 Å². The fraction of sp³-hybridized carbons (Fsp3) is 0.214. The summed E-state index contributed by atoms with van der Waals surface area (Å²) in [6.45, 7) is 7.41. The van der Waals surface area contributed by atoms with E-state index in [2.05, 4.69) is 5.32 Å². The molecule has 3 aromatic carbocycles. The lowest BCUT2D eigenvalue weighted by atomic mass is 10.1. The van der Waals surface area contributed by atoms with Crippen LogP contribution >= 0.6 is 0 Å². The number of hydrogen-bond acceptors (Lipinski definition) is 6. The van der Waals surface area contributed by atoms with Gasteiger partial charge < -0.3 is 19.9 Å². The van der Waals surface area contributed by atoms with E-state index in [1.807, 2.05) is 27.7 Å². The van der Waals surface area contributed by atoms with Crippen LogP contribution in [0, 0.1) is 27.7 Å². The number of hydrogen-bond donors (Lipinski definition) is 2. The van der Waals surface area contributed by atoms with Crippen molar-refractivity contribution < 1.29 is 33.8 Å². The van der Waals surface area contributed by atoms with Gasteiger partial charge in [0.15, 0.2) is 0 Å². The van der Waals surface area contributed by atoms with Crippen LogP contribution < -0.4 is 5.32 Å². The zero-order valence-electron chi connectivity index (χ0n) is 20.4. The highest BCUT2D eigenvalue weighted by Gasteiger charge is 2.41. The van der Waals surface area contributed by atoms with Crippen LogP contribution in [0.4, 0.5) is 5.69 Å². The molecular weight excluding hydrogens is 462 g/mol. The lowest BCUT2D eigenvalue weighted by molar-refractivity contribution is -0.157. The van der Waals surface area contributed by atoms with Crippen LogP contribution in [-0.2, 0) is 19.1 Å². The molecule has 0 fully saturated rings. The van der Waals surface area contributed by atoms with Gasteiger partial charge in [-0.05, 0) is 75.2 Å². The molecular formula is C28H27NO7. The molecule has 3 aromatic rings. The fourth-order valence-corrected chi connectivity index (χ4v) is 3.27. The van der Waals surface area contributed by atoms with E-state index in [9.17, 15) is 24.3 Å². The van der Waals surface area contributed by atoms with Crippen molar-refractivity contribution in [1.29, 1.82) is 0 Å². The lowest BCUT2D eigenvalue weighted by Gasteiger charge is -2.24. The Morgan fingerprint density at radius 2 is 1.14 bits per heavy atom. The number of rotatable bonds is 8. The first-order valence-corrected chi connectivity index (χ1v) is 11.2. The van der Waals surface area contributed by atoms with E-state index in [1.54, 1.807) is 42.5 Å². The summed E-state index contributed by atoms with van der Waals surface area (Å²) in [6, 6.07) is 17.7. The van der Waals surface area contributed by atoms with Crippen LogP contribution in [0.5, 0.6) is 0 Å². The molecule has 0 aromatic heterocycles. The van der Waals surface area contributed by atoms with Gasteiger partial charge in [-0.2, -0.15) is 0 Å². The van der Waals surface area contributed by atoms with Gasteiger partial charge >= 0.3 is 17.9 Å². The molecule has 0 aliphatic heterocycles. The van der Waals surface area contributed by atoms with Crippen LogP contribution in [0.1, 0.15) is 43.0 Å². The van der Waals surface area contributed by atoms with Gasteiger partial charge in [-0.25, -0.2) is 14.4 Å². The summed E-state index contributed by atoms with van der Waals surface area (Å²) in [6.07, 6.45) is -4.06. The number of carboxylic acid groups (broad SMARTS) is 1. The van der Waals surface area contributed by atoms with Crippen molar-refractivity contribution in [3.8, 4) is 0 Å². The summed E-state index contributed by atoms with van der Waals surface area (Å²) in [5.41, 5.74) is 4.23. The van der Waals surface area contributed by atoms with E-state index in [-0.39, 0.29) is 11.1 Å². The van der Waals surface area contributed by atoms with Crippen molar-refractivity contribution in [3.05, 3.63) is 100 Å². The predicted molar refractivity (Wildman–Crippen MR) is 133 cm³/mol. The normalized spacial score (nSPS) is 12.2. The van der Waals surface area contributed by atoms with Crippen molar-refractivity contribution in [2.45, 2.75) is 39.9 Å². The number of aliphatic carboxylic acids is 1. The molecule has 0 bridgehead atoms. The SMILES string of the molecule is Cc1ccc(C(=O)O[C@@H](C(=O)O)[C@@H](OC(=O)c2ccc(C)cc2)C(=O)Nc2ccc(C)c(C)c2)cc1. The van der Waals surface area contributed by atoms with Gasteiger partial charge in [-0.1, -0.05) is 41.5 Å². The minimum absolute atomic E-state index is 0.0880. The van der Waals surface area contributed by atoms with E-state index in [0.717, 1.165) is 22.3 Å². The zero-order valence-corrected chi connectivity index (χ0v) is 20.4. The highest BCUT2D eigenvalue weighted by atomic mass is 16.6. The van der Waals surface area contributed by atoms with Crippen molar-refractivity contribution in [2.75, 3.05) is 5.32 Å². The monoisotopic (exact) mass is 489 g/mol. The van der Waals surface area contributed by atoms with E-state index in [0.29, 0.717) is 5.69 Å². The number of carbonyl (C=O) groups is 4. The number of nitrogens with one attached hydrogen (secondary N) is 1. The van der Waals surface area contributed by atoms with Gasteiger partial charge in [-0.3, -0.25) is 4.79 Å². The maximum Gasteiger partial charge on any atom is 0.349 e. The number of ether oxygens (including phenoxy) is 2. The molecule has 0 saturated heterocycles. The molecule has 1 amide bonds. The van der Waals surface area contributed by atoms with E-state index in [4.69, 9.17) is 9.47 Å². The Labute approximate surface area is 208 Å². The van der Waals surface area contributed by atoms with E-state index < -0.39 is 36.0 Å². The Hall–Kier alpha value is -4.46. The standard InChI is InChI=1S/C28H27NO7/c1-16-5-10-20(11-6-16)27(33)35-23(25(30)29-22-14-9-18(3)19(4)15-22)24(26(31)32)36-28(34)21-12-7-17(2)8-13-21/h5-15,23-24H,1-4H3,(H,29,30)(H,31,32)/t23-,24-/m1/s1. The van der Waals surface area contributed by atoms with Crippen molar-refractivity contribution in [3.63, 3.8) is 0 Å². The van der Waals surface area contributed by atoms with Gasteiger partial charge in [0.05, 0.1) is 11.1 Å². The third-order valence-corrected chi connectivity index (χ3v) is 5.59. The third-order valence-electron chi connectivity index (χ3n) is 5.59. The van der Waals surface area contributed by atoms with Gasteiger partial charge in [0.1, 0.15) is 0 Å². The number of esters is 2. The number of anilines is 1. The Morgan fingerprint density at radius 1 is 0.667 bits per heavy atom. The van der Waals surface area contributed by atoms with Crippen LogP contribution in [-0.4, -0.2) is 41.1 Å². The summed E-state index contributed by atoms with van der Waals surface area (Å²) in [7, 11) is 0. The second-order valence-corrected chi connectivity index (χ2v) is 8.51. The molecule has 0 radical (unpaired) electrons. The number of benzene rings is 3. The Kier molecular flexibility index (Phi) is 8.22.